The van der Waals surface area contributed by atoms with Crippen LogP contribution in [0.3, 0.4) is 0 Å². The molecule has 7 heteroatoms. The van der Waals surface area contributed by atoms with Crippen molar-refractivity contribution in [3.8, 4) is 0 Å². The van der Waals surface area contributed by atoms with Crippen molar-refractivity contribution in [3.05, 3.63) is 32.7 Å². The summed E-state index contributed by atoms with van der Waals surface area (Å²) in [5.74, 6) is -3.94. The first-order chi connectivity index (χ1) is 7.85. The maximum Gasteiger partial charge on any atom is 0.287 e. The Balaban J connectivity index is 2.74. The minimum atomic E-state index is -3.31. The van der Waals surface area contributed by atoms with E-state index in [1.165, 1.54) is 6.07 Å². The van der Waals surface area contributed by atoms with Crippen LogP contribution in [-0.2, 0) is 0 Å². The lowest BCUT2D eigenvalue weighted by Crippen LogP contribution is -2.39. The van der Waals surface area contributed by atoms with E-state index in [1.54, 1.807) is 12.1 Å². The fourth-order valence-corrected chi connectivity index (χ4v) is 1.82. The van der Waals surface area contributed by atoms with Gasteiger partial charge in [-0.15, -0.1) is 0 Å². The number of hydrogen-bond donors (Lipinski definition) is 2. The van der Waals surface area contributed by atoms with E-state index in [0.717, 1.165) is 0 Å². The monoisotopic (exact) mass is 371 g/mol. The van der Waals surface area contributed by atoms with Crippen LogP contribution >= 0.6 is 31.9 Å². The highest BCUT2D eigenvalue weighted by atomic mass is 79.9. The molecular weight excluding hydrogens is 364 g/mol. The fourth-order valence-electron chi connectivity index (χ4n) is 1.03. The number of aliphatic hydroxyl groups is 1. The van der Waals surface area contributed by atoms with Crippen molar-refractivity contribution in [2.45, 2.75) is 5.92 Å². The summed E-state index contributed by atoms with van der Waals surface area (Å²) < 4.78 is 26.6. The van der Waals surface area contributed by atoms with Gasteiger partial charge in [-0.1, -0.05) is 15.9 Å². The Labute approximate surface area is 113 Å². The lowest BCUT2D eigenvalue weighted by atomic mass is 10.2. The number of carbonyl (C=O) groups excluding carboxylic acids is 1. The Morgan fingerprint density at radius 1 is 1.41 bits per heavy atom. The Morgan fingerprint density at radius 3 is 2.65 bits per heavy atom. The molecule has 0 bridgehead atoms. The van der Waals surface area contributed by atoms with E-state index in [1.807, 2.05) is 0 Å². The minimum Gasteiger partial charge on any atom is -0.390 e. The second kappa shape index (κ2) is 5.88. The van der Waals surface area contributed by atoms with Crippen molar-refractivity contribution < 1.29 is 18.7 Å². The van der Waals surface area contributed by atoms with Crippen molar-refractivity contribution in [2.75, 3.05) is 13.2 Å². The highest BCUT2D eigenvalue weighted by Crippen LogP contribution is 2.21. The first-order valence-electron chi connectivity index (χ1n) is 4.57. The molecule has 0 fully saturated rings. The maximum absolute atomic E-state index is 12.7. The fraction of sp³-hybridized carbons (Fsp3) is 0.300. The summed E-state index contributed by atoms with van der Waals surface area (Å²) in [6.07, 6.45) is 0. The summed E-state index contributed by atoms with van der Waals surface area (Å²) in [6, 6.07) is 4.85. The van der Waals surface area contributed by atoms with Gasteiger partial charge < -0.3 is 10.4 Å². The topological polar surface area (TPSA) is 49.3 Å². The average Bonchev–Trinajstić information content (AvgIpc) is 2.29. The number of alkyl halides is 2. The second-order valence-corrected chi connectivity index (χ2v) is 5.09. The van der Waals surface area contributed by atoms with Gasteiger partial charge in [0.1, 0.15) is 6.61 Å². The van der Waals surface area contributed by atoms with Crippen molar-refractivity contribution in [3.63, 3.8) is 0 Å². The van der Waals surface area contributed by atoms with Crippen LogP contribution in [0, 0.1) is 0 Å². The lowest BCUT2D eigenvalue weighted by Gasteiger charge is -2.14. The smallest absolute Gasteiger partial charge is 0.287 e. The third kappa shape index (κ3) is 4.33. The van der Waals surface area contributed by atoms with Crippen LogP contribution in [0.25, 0.3) is 0 Å². The zero-order valence-corrected chi connectivity index (χ0v) is 11.7. The largest absolute Gasteiger partial charge is 0.390 e. The quantitative estimate of drug-likeness (QED) is 0.853. The number of aliphatic hydroxyl groups excluding tert-OH is 1. The van der Waals surface area contributed by atoms with Crippen LogP contribution in [0.4, 0.5) is 8.78 Å². The molecule has 3 nitrogen and oxygen atoms in total. The van der Waals surface area contributed by atoms with E-state index in [0.29, 0.717) is 8.95 Å². The zero-order chi connectivity index (χ0) is 13.1. The molecule has 0 aliphatic carbocycles. The molecule has 0 aliphatic heterocycles. The zero-order valence-electron chi connectivity index (χ0n) is 8.51. The Morgan fingerprint density at radius 2 is 2.06 bits per heavy atom. The molecule has 0 spiro atoms. The molecular formula is C10H9Br2F2NO2. The molecule has 0 saturated heterocycles. The molecule has 0 atom stereocenters. The average molecular weight is 373 g/mol. The predicted octanol–water partition coefficient (Wildman–Crippen LogP) is 2.57. The molecule has 1 aromatic carbocycles. The van der Waals surface area contributed by atoms with Gasteiger partial charge in [0.05, 0.1) is 12.1 Å². The number of halogens is 4. The normalized spacial score (nSPS) is 11.4. The number of benzene rings is 1. The number of rotatable bonds is 4. The van der Waals surface area contributed by atoms with Crippen molar-refractivity contribution >= 4 is 37.8 Å². The molecule has 1 aromatic rings. The Hall–Kier alpha value is -0.530. The Kier molecular flexibility index (Phi) is 5.03. The van der Waals surface area contributed by atoms with Crippen molar-refractivity contribution in [2.24, 2.45) is 0 Å². The molecule has 0 heterocycles. The lowest BCUT2D eigenvalue weighted by molar-refractivity contribution is -0.0462. The number of nitrogens with one attached hydrogen (secondary N) is 1. The number of amides is 1. The van der Waals surface area contributed by atoms with Crippen LogP contribution in [0.1, 0.15) is 10.4 Å². The van der Waals surface area contributed by atoms with Gasteiger partial charge in [-0.25, -0.2) is 8.78 Å². The van der Waals surface area contributed by atoms with E-state index in [2.05, 4.69) is 37.2 Å². The standard InChI is InChI=1S/C10H9Br2F2NO2/c11-6-1-2-8(12)7(3-6)9(17)15-4-10(13,14)5-16/h1-3,16H,4-5H2,(H,15,17). The van der Waals surface area contributed by atoms with Gasteiger partial charge in [-0.05, 0) is 34.1 Å². The maximum atomic E-state index is 12.7. The summed E-state index contributed by atoms with van der Waals surface area (Å²) in [5.41, 5.74) is 0.244. The Bertz CT molecular complexity index is 427. The van der Waals surface area contributed by atoms with E-state index in [-0.39, 0.29) is 5.56 Å². The minimum absolute atomic E-state index is 0.244. The van der Waals surface area contributed by atoms with Crippen molar-refractivity contribution in [1.82, 2.24) is 5.32 Å². The SMILES string of the molecule is O=C(NCC(F)(F)CO)c1cc(Br)ccc1Br. The van der Waals surface area contributed by atoms with E-state index >= 15 is 0 Å². The molecule has 0 aromatic heterocycles. The van der Waals surface area contributed by atoms with Gasteiger partial charge >= 0.3 is 0 Å². The highest BCUT2D eigenvalue weighted by Gasteiger charge is 2.28. The van der Waals surface area contributed by atoms with Crippen LogP contribution in [0.15, 0.2) is 27.1 Å². The first kappa shape index (κ1) is 14.5. The number of carbonyl (C=O) groups is 1. The first-order valence-corrected chi connectivity index (χ1v) is 6.16. The summed E-state index contributed by atoms with van der Waals surface area (Å²) in [5, 5.41) is 10.4. The van der Waals surface area contributed by atoms with Crippen LogP contribution < -0.4 is 5.32 Å². The van der Waals surface area contributed by atoms with Gasteiger partial charge in [0.2, 0.25) is 0 Å². The second-order valence-electron chi connectivity index (χ2n) is 3.32. The molecule has 94 valence electrons. The van der Waals surface area contributed by atoms with Gasteiger partial charge in [0, 0.05) is 8.95 Å². The van der Waals surface area contributed by atoms with Crippen LogP contribution in [-0.4, -0.2) is 30.1 Å². The van der Waals surface area contributed by atoms with E-state index < -0.39 is 25.0 Å². The van der Waals surface area contributed by atoms with Crippen molar-refractivity contribution in [1.29, 1.82) is 0 Å². The molecule has 1 amide bonds. The van der Waals surface area contributed by atoms with Gasteiger partial charge in [-0.2, -0.15) is 0 Å². The van der Waals surface area contributed by atoms with Crippen LogP contribution in [0.2, 0.25) is 0 Å². The van der Waals surface area contributed by atoms with Crippen LogP contribution in [0.5, 0.6) is 0 Å². The van der Waals surface area contributed by atoms with E-state index in [9.17, 15) is 13.6 Å². The third-order valence-electron chi connectivity index (χ3n) is 1.91. The summed E-state index contributed by atoms with van der Waals surface area (Å²) in [6.45, 7) is -2.20. The summed E-state index contributed by atoms with van der Waals surface area (Å²) >= 11 is 6.33. The molecule has 0 radical (unpaired) electrons. The number of hydrogen-bond acceptors (Lipinski definition) is 2. The highest BCUT2D eigenvalue weighted by molar-refractivity contribution is 9.11. The van der Waals surface area contributed by atoms with Gasteiger partial charge in [0.15, 0.2) is 0 Å². The molecule has 0 saturated carbocycles. The van der Waals surface area contributed by atoms with Gasteiger partial charge in [-0.3, -0.25) is 4.79 Å². The summed E-state index contributed by atoms with van der Waals surface area (Å²) in [4.78, 5) is 11.6. The molecule has 1 rings (SSSR count). The van der Waals surface area contributed by atoms with E-state index in [4.69, 9.17) is 5.11 Å². The molecule has 17 heavy (non-hydrogen) atoms. The predicted molar refractivity (Wildman–Crippen MR) is 66.2 cm³/mol. The molecule has 0 aliphatic rings. The van der Waals surface area contributed by atoms with Gasteiger partial charge in [0.25, 0.3) is 11.8 Å². The molecule has 2 N–H and O–H groups in total. The summed E-state index contributed by atoms with van der Waals surface area (Å²) in [7, 11) is 0. The third-order valence-corrected chi connectivity index (χ3v) is 3.10. The molecule has 0 unspecified atom stereocenters.